The Hall–Kier alpha value is -2.28. The minimum atomic E-state index is -0.336. The normalized spacial score (nSPS) is 11.5. The lowest BCUT2D eigenvalue weighted by Gasteiger charge is -2.21. The van der Waals surface area contributed by atoms with Crippen LogP contribution in [0, 0.1) is 11.2 Å². The lowest BCUT2D eigenvalue weighted by molar-refractivity contribution is 0.0943. The van der Waals surface area contributed by atoms with Crippen molar-refractivity contribution >= 4 is 5.91 Å². The Morgan fingerprint density at radius 3 is 2.70 bits per heavy atom. The fourth-order valence-electron chi connectivity index (χ4n) is 2.03. The summed E-state index contributed by atoms with van der Waals surface area (Å²) in [5.41, 5.74) is 0.689. The van der Waals surface area contributed by atoms with Gasteiger partial charge < -0.3 is 10.4 Å². The molecule has 0 saturated carbocycles. The largest absolute Gasteiger partial charge is 0.396 e. The molecule has 0 radical (unpaired) electrons. The van der Waals surface area contributed by atoms with E-state index in [1.54, 1.807) is 12.1 Å². The molecule has 1 aromatic carbocycles. The first-order chi connectivity index (χ1) is 10.9. The number of nitrogens with zero attached hydrogens (tertiary/aromatic N) is 3. The predicted molar refractivity (Wildman–Crippen MR) is 83.8 cm³/mol. The molecule has 0 fully saturated rings. The van der Waals surface area contributed by atoms with E-state index in [2.05, 4.69) is 15.6 Å². The molecule has 0 atom stereocenters. The summed E-state index contributed by atoms with van der Waals surface area (Å²) < 4.78 is 14.3. The predicted octanol–water partition coefficient (Wildman–Crippen LogP) is 1.93. The molecule has 0 bridgehead atoms. The molecule has 2 N–H and O–H groups in total. The van der Waals surface area contributed by atoms with Crippen molar-refractivity contribution in [2.24, 2.45) is 5.41 Å². The lowest BCUT2D eigenvalue weighted by atomic mass is 9.89. The number of carbonyl (C=O) groups is 1. The fraction of sp³-hybridized carbons (Fsp3) is 0.438. The van der Waals surface area contributed by atoms with Crippen molar-refractivity contribution in [2.45, 2.75) is 26.7 Å². The van der Waals surface area contributed by atoms with Crippen LogP contribution in [0.15, 0.2) is 30.5 Å². The number of hydrogen-bond acceptors (Lipinski definition) is 4. The van der Waals surface area contributed by atoms with Gasteiger partial charge in [0.05, 0.1) is 11.9 Å². The monoisotopic (exact) mass is 320 g/mol. The molecule has 1 aromatic heterocycles. The van der Waals surface area contributed by atoms with Gasteiger partial charge in [-0.15, -0.1) is 5.10 Å². The third kappa shape index (κ3) is 4.85. The van der Waals surface area contributed by atoms with Gasteiger partial charge in [-0.3, -0.25) is 4.79 Å². The van der Waals surface area contributed by atoms with Crippen LogP contribution in [-0.4, -0.2) is 39.2 Å². The number of nitrogens with one attached hydrogen (secondary N) is 1. The molecule has 2 rings (SSSR count). The number of aromatic nitrogens is 3. The van der Waals surface area contributed by atoms with Crippen LogP contribution in [-0.2, 0) is 0 Å². The number of amides is 1. The molecule has 6 nitrogen and oxygen atoms in total. The number of benzene rings is 1. The Morgan fingerprint density at radius 1 is 1.35 bits per heavy atom. The Morgan fingerprint density at radius 2 is 2.04 bits per heavy atom. The topological polar surface area (TPSA) is 80.0 Å². The Kier molecular flexibility index (Phi) is 5.44. The summed E-state index contributed by atoms with van der Waals surface area (Å²) in [4.78, 5) is 12.0. The summed E-state index contributed by atoms with van der Waals surface area (Å²) in [5.74, 6) is -0.641. The van der Waals surface area contributed by atoms with E-state index >= 15 is 0 Å². The molecule has 23 heavy (non-hydrogen) atoms. The highest BCUT2D eigenvalue weighted by Crippen LogP contribution is 2.20. The quantitative estimate of drug-likeness (QED) is 0.764. The first-order valence-corrected chi connectivity index (χ1v) is 7.49. The van der Waals surface area contributed by atoms with Gasteiger partial charge in [-0.25, -0.2) is 9.07 Å². The van der Waals surface area contributed by atoms with E-state index < -0.39 is 0 Å². The van der Waals surface area contributed by atoms with Crippen LogP contribution in [0.5, 0.6) is 0 Å². The Bertz CT molecular complexity index is 652. The van der Waals surface area contributed by atoms with Crippen LogP contribution in [0.2, 0.25) is 0 Å². The minimum absolute atomic E-state index is 0.118. The van der Waals surface area contributed by atoms with Crippen molar-refractivity contribution in [3.05, 3.63) is 42.0 Å². The van der Waals surface area contributed by atoms with Crippen molar-refractivity contribution < 1.29 is 14.3 Å². The van der Waals surface area contributed by atoms with E-state index in [1.807, 2.05) is 13.8 Å². The average Bonchev–Trinajstić information content (AvgIpc) is 3.02. The van der Waals surface area contributed by atoms with E-state index in [-0.39, 0.29) is 29.4 Å². The molecule has 7 heteroatoms. The zero-order valence-corrected chi connectivity index (χ0v) is 13.3. The first-order valence-electron chi connectivity index (χ1n) is 7.49. The lowest BCUT2D eigenvalue weighted by Crippen LogP contribution is -2.26. The number of carbonyl (C=O) groups excluding carboxylic acids is 1. The zero-order chi connectivity index (χ0) is 16.9. The van der Waals surface area contributed by atoms with Crippen LogP contribution in [0.1, 0.15) is 37.2 Å². The molecule has 124 valence electrons. The van der Waals surface area contributed by atoms with E-state index in [0.717, 1.165) is 12.8 Å². The third-order valence-electron chi connectivity index (χ3n) is 3.56. The second-order valence-electron chi connectivity index (χ2n) is 6.21. The third-order valence-corrected chi connectivity index (χ3v) is 3.56. The summed E-state index contributed by atoms with van der Waals surface area (Å²) in [6.45, 7) is 4.57. The highest BCUT2D eigenvalue weighted by Gasteiger charge is 2.16. The number of rotatable bonds is 7. The molecular weight excluding hydrogens is 299 g/mol. The van der Waals surface area contributed by atoms with E-state index in [0.29, 0.717) is 12.2 Å². The van der Waals surface area contributed by atoms with Crippen LogP contribution >= 0.6 is 0 Å². The van der Waals surface area contributed by atoms with Gasteiger partial charge in [-0.1, -0.05) is 19.1 Å². The second-order valence-corrected chi connectivity index (χ2v) is 6.21. The molecule has 0 spiro atoms. The van der Waals surface area contributed by atoms with Gasteiger partial charge in [0.25, 0.3) is 5.91 Å². The zero-order valence-electron chi connectivity index (χ0n) is 13.3. The Balaban J connectivity index is 1.88. The van der Waals surface area contributed by atoms with Crippen molar-refractivity contribution in [1.29, 1.82) is 0 Å². The van der Waals surface area contributed by atoms with Crippen molar-refractivity contribution in [2.75, 3.05) is 13.2 Å². The standard InChI is InChI=1S/C16H21FN4O2/c1-16(2,11-22)8-3-9-18-15(23)14-10-21(20-19-14)13-6-4-12(17)5-7-13/h4-7,10,22H,3,8-9,11H2,1-2H3,(H,18,23). The van der Waals surface area contributed by atoms with Crippen LogP contribution in [0.25, 0.3) is 5.69 Å². The molecule has 0 aliphatic carbocycles. The Labute approximate surface area is 134 Å². The molecule has 1 amide bonds. The van der Waals surface area contributed by atoms with Crippen molar-refractivity contribution in [3.8, 4) is 5.69 Å². The maximum atomic E-state index is 12.9. The van der Waals surface area contributed by atoms with Gasteiger partial charge in [0.15, 0.2) is 5.69 Å². The summed E-state index contributed by atoms with van der Waals surface area (Å²) in [6.07, 6.45) is 3.08. The highest BCUT2D eigenvalue weighted by atomic mass is 19.1. The first kappa shape index (κ1) is 17.1. The smallest absolute Gasteiger partial charge is 0.273 e. The van der Waals surface area contributed by atoms with Gasteiger partial charge >= 0.3 is 0 Å². The minimum Gasteiger partial charge on any atom is -0.396 e. The van der Waals surface area contributed by atoms with Crippen molar-refractivity contribution in [1.82, 2.24) is 20.3 Å². The molecular formula is C16H21FN4O2. The van der Waals surface area contributed by atoms with Gasteiger partial charge in [-0.2, -0.15) is 0 Å². The van der Waals surface area contributed by atoms with E-state index in [9.17, 15) is 14.3 Å². The van der Waals surface area contributed by atoms with Crippen LogP contribution in [0.4, 0.5) is 4.39 Å². The maximum Gasteiger partial charge on any atom is 0.273 e. The maximum absolute atomic E-state index is 12.9. The summed E-state index contributed by atoms with van der Waals surface area (Å²) in [6, 6.07) is 5.75. The number of halogens is 1. The summed E-state index contributed by atoms with van der Waals surface area (Å²) >= 11 is 0. The molecule has 1 heterocycles. The second kappa shape index (κ2) is 7.32. The SMILES string of the molecule is CC(C)(CO)CCCNC(=O)c1cn(-c2ccc(F)cc2)nn1. The van der Waals surface area contributed by atoms with Crippen molar-refractivity contribution in [3.63, 3.8) is 0 Å². The van der Waals surface area contributed by atoms with Gasteiger partial charge in [-0.05, 0) is 42.5 Å². The number of aliphatic hydroxyl groups is 1. The summed E-state index contributed by atoms with van der Waals surface area (Å²) in [5, 5.41) is 19.6. The molecule has 2 aromatic rings. The number of aliphatic hydroxyl groups excluding tert-OH is 1. The molecule has 0 unspecified atom stereocenters. The number of hydrogen-bond donors (Lipinski definition) is 2. The van der Waals surface area contributed by atoms with Crippen LogP contribution in [0.3, 0.4) is 0 Å². The fourth-order valence-corrected chi connectivity index (χ4v) is 2.03. The molecule has 0 saturated heterocycles. The van der Waals surface area contributed by atoms with E-state index in [1.165, 1.54) is 23.0 Å². The summed E-state index contributed by atoms with van der Waals surface area (Å²) in [7, 11) is 0. The molecule has 0 aliphatic heterocycles. The van der Waals surface area contributed by atoms with Gasteiger partial charge in [0.2, 0.25) is 0 Å². The van der Waals surface area contributed by atoms with E-state index in [4.69, 9.17) is 0 Å². The average molecular weight is 320 g/mol. The van der Waals surface area contributed by atoms with Crippen LogP contribution < -0.4 is 5.32 Å². The van der Waals surface area contributed by atoms with Gasteiger partial charge in [0, 0.05) is 13.2 Å². The van der Waals surface area contributed by atoms with Gasteiger partial charge in [0.1, 0.15) is 5.82 Å². The highest BCUT2D eigenvalue weighted by molar-refractivity contribution is 5.91. The molecule has 0 aliphatic rings.